The summed E-state index contributed by atoms with van der Waals surface area (Å²) in [4.78, 5) is 16.7. The first-order valence-electron chi connectivity index (χ1n) is 7.42. The number of carbonyl (C=O) groups is 1. The summed E-state index contributed by atoms with van der Waals surface area (Å²) in [5.74, 6) is 0.109. The summed E-state index contributed by atoms with van der Waals surface area (Å²) >= 11 is 13.3. The second-order valence-corrected chi connectivity index (χ2v) is 7.42. The number of hydrogen-bond acceptors (Lipinski definition) is 5. The number of anilines is 2. The molecule has 0 aliphatic rings. The number of nitrogen functional groups attached to an aromatic ring is 1. The van der Waals surface area contributed by atoms with Crippen molar-refractivity contribution in [3.63, 3.8) is 0 Å². The second-order valence-electron chi connectivity index (χ2n) is 5.52. The van der Waals surface area contributed by atoms with Gasteiger partial charge in [0.15, 0.2) is 11.2 Å². The third-order valence-corrected chi connectivity index (χ3v) is 4.90. The number of aromatic nitrogens is 1. The summed E-state index contributed by atoms with van der Waals surface area (Å²) < 4.78 is 6.54. The molecule has 8 heteroatoms. The average Bonchev–Trinajstić information content (AvgIpc) is 2.91. The maximum absolute atomic E-state index is 12.4. The number of nitrogens with two attached hydrogens (primary N) is 1. The molecule has 1 aromatic heterocycles. The summed E-state index contributed by atoms with van der Waals surface area (Å²) in [6, 6.07) is 8.54. The van der Waals surface area contributed by atoms with Gasteiger partial charge >= 0.3 is 0 Å². The fourth-order valence-corrected chi connectivity index (χ4v) is 3.65. The van der Waals surface area contributed by atoms with Gasteiger partial charge in [0.2, 0.25) is 0 Å². The van der Waals surface area contributed by atoms with Crippen molar-refractivity contribution in [2.75, 3.05) is 11.1 Å². The van der Waals surface area contributed by atoms with Gasteiger partial charge in [-0.2, -0.15) is 0 Å². The number of rotatable bonds is 4. The Morgan fingerprint density at radius 1 is 1.32 bits per heavy atom. The van der Waals surface area contributed by atoms with Gasteiger partial charge in [0, 0.05) is 10.7 Å². The highest BCUT2D eigenvalue weighted by Gasteiger charge is 2.17. The topological polar surface area (TPSA) is 77.2 Å². The molecule has 1 atom stereocenters. The molecule has 0 fully saturated rings. The van der Waals surface area contributed by atoms with Crippen LogP contribution in [0.4, 0.5) is 10.8 Å². The van der Waals surface area contributed by atoms with Crippen molar-refractivity contribution < 1.29 is 9.53 Å². The van der Waals surface area contributed by atoms with Crippen LogP contribution < -0.4 is 15.8 Å². The zero-order chi connectivity index (χ0) is 18.1. The normalized spacial score (nSPS) is 12.2. The van der Waals surface area contributed by atoms with E-state index in [-0.39, 0.29) is 5.91 Å². The van der Waals surface area contributed by atoms with Crippen molar-refractivity contribution in [1.82, 2.24) is 4.98 Å². The van der Waals surface area contributed by atoms with Gasteiger partial charge in [0.05, 0.1) is 15.2 Å². The Bertz CT molecular complexity index is 958. The maximum Gasteiger partial charge on any atom is 0.265 e. The van der Waals surface area contributed by atoms with E-state index in [0.29, 0.717) is 26.6 Å². The lowest BCUT2D eigenvalue weighted by molar-refractivity contribution is -0.122. The monoisotopic (exact) mass is 395 g/mol. The molecule has 3 aromatic rings. The van der Waals surface area contributed by atoms with Crippen LogP contribution in [-0.2, 0) is 4.79 Å². The van der Waals surface area contributed by atoms with Gasteiger partial charge < -0.3 is 15.8 Å². The Morgan fingerprint density at radius 3 is 2.80 bits per heavy atom. The number of nitrogens with zero attached hydrogens (tertiary/aromatic N) is 1. The highest BCUT2D eigenvalue weighted by molar-refractivity contribution is 7.22. The Balaban J connectivity index is 1.75. The third kappa shape index (κ3) is 3.98. The predicted octanol–water partition coefficient (Wildman–Crippen LogP) is 4.90. The number of amides is 1. The first-order chi connectivity index (χ1) is 11.8. The molecular weight excluding hydrogens is 381 g/mol. The molecule has 3 rings (SSSR count). The predicted molar refractivity (Wildman–Crippen MR) is 104 cm³/mol. The SMILES string of the molecule is Cc1cc(NC(=O)[C@H](C)Oc2ccc(Cl)cc2Cl)cc2sc(N)nc12. The molecule has 1 heterocycles. The van der Waals surface area contributed by atoms with Crippen LogP contribution in [0.3, 0.4) is 0 Å². The molecule has 0 unspecified atom stereocenters. The van der Waals surface area contributed by atoms with Crippen LogP contribution in [0.25, 0.3) is 10.2 Å². The van der Waals surface area contributed by atoms with E-state index in [4.69, 9.17) is 33.7 Å². The summed E-state index contributed by atoms with van der Waals surface area (Å²) in [6.07, 6.45) is -0.735. The van der Waals surface area contributed by atoms with Crippen LogP contribution >= 0.6 is 34.5 Å². The number of halogens is 2. The molecule has 0 aliphatic carbocycles. The van der Waals surface area contributed by atoms with E-state index in [0.717, 1.165) is 15.8 Å². The number of benzene rings is 2. The average molecular weight is 396 g/mol. The minimum absolute atomic E-state index is 0.290. The van der Waals surface area contributed by atoms with Gasteiger partial charge in [0.25, 0.3) is 5.91 Å². The Labute approximate surface area is 158 Å². The summed E-state index contributed by atoms with van der Waals surface area (Å²) in [5.41, 5.74) is 8.20. The summed E-state index contributed by atoms with van der Waals surface area (Å²) in [7, 11) is 0. The number of fused-ring (bicyclic) bond motifs is 1. The van der Waals surface area contributed by atoms with Crippen molar-refractivity contribution in [2.24, 2.45) is 0 Å². The highest BCUT2D eigenvalue weighted by atomic mass is 35.5. The lowest BCUT2D eigenvalue weighted by atomic mass is 10.2. The zero-order valence-corrected chi connectivity index (χ0v) is 15.8. The minimum atomic E-state index is -0.735. The molecule has 2 aromatic carbocycles. The van der Waals surface area contributed by atoms with E-state index in [1.165, 1.54) is 11.3 Å². The van der Waals surface area contributed by atoms with Crippen LogP contribution in [0, 0.1) is 6.92 Å². The van der Waals surface area contributed by atoms with E-state index in [2.05, 4.69) is 10.3 Å². The van der Waals surface area contributed by atoms with E-state index >= 15 is 0 Å². The van der Waals surface area contributed by atoms with Gasteiger partial charge in [0.1, 0.15) is 5.75 Å². The van der Waals surface area contributed by atoms with Gasteiger partial charge in [-0.25, -0.2) is 4.98 Å². The van der Waals surface area contributed by atoms with Crippen molar-refractivity contribution >= 4 is 61.5 Å². The number of hydrogen-bond donors (Lipinski definition) is 2. The van der Waals surface area contributed by atoms with Crippen molar-refractivity contribution in [3.8, 4) is 5.75 Å². The van der Waals surface area contributed by atoms with E-state index in [1.54, 1.807) is 25.1 Å². The van der Waals surface area contributed by atoms with Gasteiger partial charge in [-0.05, 0) is 49.7 Å². The van der Waals surface area contributed by atoms with E-state index < -0.39 is 6.10 Å². The molecule has 0 saturated heterocycles. The molecule has 1 amide bonds. The fraction of sp³-hybridized carbons (Fsp3) is 0.176. The van der Waals surface area contributed by atoms with Crippen LogP contribution in [0.5, 0.6) is 5.75 Å². The molecule has 0 radical (unpaired) electrons. The molecule has 25 heavy (non-hydrogen) atoms. The maximum atomic E-state index is 12.4. The standard InChI is InChI=1S/C17H15Cl2N3O2S/c1-8-5-11(7-14-15(8)22-17(20)25-14)21-16(23)9(2)24-13-4-3-10(18)6-12(13)19/h3-7,9H,1-2H3,(H2,20,22)(H,21,23)/t9-/m0/s1. The van der Waals surface area contributed by atoms with Gasteiger partial charge in [-0.15, -0.1) is 0 Å². The third-order valence-electron chi connectivity index (χ3n) is 3.54. The first kappa shape index (κ1) is 17.8. The van der Waals surface area contributed by atoms with Gasteiger partial charge in [-0.1, -0.05) is 34.5 Å². The number of aryl methyl sites for hydroxylation is 1. The van der Waals surface area contributed by atoms with Crippen LogP contribution in [0.2, 0.25) is 10.0 Å². The Morgan fingerprint density at radius 2 is 2.08 bits per heavy atom. The molecule has 0 spiro atoms. The lowest BCUT2D eigenvalue weighted by Gasteiger charge is -2.16. The fourth-order valence-electron chi connectivity index (χ4n) is 2.34. The first-order valence-corrected chi connectivity index (χ1v) is 9.00. The van der Waals surface area contributed by atoms with Crippen LogP contribution in [-0.4, -0.2) is 17.0 Å². The smallest absolute Gasteiger partial charge is 0.265 e. The van der Waals surface area contributed by atoms with Crippen LogP contribution in [0.15, 0.2) is 30.3 Å². The van der Waals surface area contributed by atoms with Crippen molar-refractivity contribution in [3.05, 3.63) is 45.9 Å². The van der Waals surface area contributed by atoms with E-state index in [1.807, 2.05) is 19.1 Å². The number of thiazole rings is 1. The quantitative estimate of drug-likeness (QED) is 0.658. The van der Waals surface area contributed by atoms with Gasteiger partial charge in [-0.3, -0.25) is 4.79 Å². The zero-order valence-electron chi connectivity index (χ0n) is 13.5. The number of nitrogens with one attached hydrogen (secondary N) is 1. The summed E-state index contributed by atoms with van der Waals surface area (Å²) in [5, 5.41) is 4.19. The Kier molecular flexibility index (Phi) is 5.03. The second kappa shape index (κ2) is 7.07. The highest BCUT2D eigenvalue weighted by Crippen LogP contribution is 2.30. The van der Waals surface area contributed by atoms with E-state index in [9.17, 15) is 4.79 Å². The largest absolute Gasteiger partial charge is 0.479 e. The molecule has 5 nitrogen and oxygen atoms in total. The number of carbonyl (C=O) groups excluding carboxylic acids is 1. The number of ether oxygens (including phenoxy) is 1. The molecule has 0 aliphatic heterocycles. The molecule has 130 valence electrons. The Hall–Kier alpha value is -2.02. The van der Waals surface area contributed by atoms with Crippen molar-refractivity contribution in [1.29, 1.82) is 0 Å². The summed E-state index contributed by atoms with van der Waals surface area (Å²) in [6.45, 7) is 3.57. The molecule has 0 bridgehead atoms. The molecular formula is C17H15Cl2N3O2S. The minimum Gasteiger partial charge on any atom is -0.479 e. The lowest BCUT2D eigenvalue weighted by Crippen LogP contribution is -2.30. The molecule has 0 saturated carbocycles. The molecule has 3 N–H and O–H groups in total. The van der Waals surface area contributed by atoms with Crippen LogP contribution in [0.1, 0.15) is 12.5 Å². The van der Waals surface area contributed by atoms with Crippen molar-refractivity contribution in [2.45, 2.75) is 20.0 Å².